The van der Waals surface area contributed by atoms with Crippen molar-refractivity contribution in [2.75, 3.05) is 0 Å². The quantitative estimate of drug-likeness (QED) is 0.507. The minimum Gasteiger partial charge on any atom is -0.478 e. The van der Waals surface area contributed by atoms with E-state index in [0.29, 0.717) is 6.42 Å². The van der Waals surface area contributed by atoms with Crippen molar-refractivity contribution in [1.82, 2.24) is 10.4 Å². The van der Waals surface area contributed by atoms with Gasteiger partial charge in [-0.2, -0.15) is 0 Å². The van der Waals surface area contributed by atoms with Gasteiger partial charge in [0.15, 0.2) is 0 Å². The first kappa shape index (κ1) is 22.0. The Morgan fingerprint density at radius 1 is 1.00 bits per heavy atom. The fourth-order valence-corrected chi connectivity index (χ4v) is 2.90. The van der Waals surface area contributed by atoms with E-state index < -0.39 is 17.8 Å². The molecule has 1 unspecified atom stereocenters. The molecule has 2 amide bonds. The highest BCUT2D eigenvalue weighted by molar-refractivity contribution is 6.48. The number of hydrazine groups is 1. The first-order chi connectivity index (χ1) is 13.1. The lowest BCUT2D eigenvalue weighted by Gasteiger charge is -2.29. The van der Waals surface area contributed by atoms with E-state index in [4.69, 9.17) is 39.9 Å². The number of amides is 2. The minimum absolute atomic E-state index is 0.0526. The lowest BCUT2D eigenvalue weighted by Crippen LogP contribution is -2.50. The van der Waals surface area contributed by atoms with Crippen LogP contribution in [-0.2, 0) is 0 Å². The number of carbonyl (C=O) groups is 3. The summed E-state index contributed by atoms with van der Waals surface area (Å²) in [5.74, 6) is -2.16. The summed E-state index contributed by atoms with van der Waals surface area (Å²) in [6.07, 6.45) is 0.568. The number of hydrogen-bond donors (Lipinski definition) is 2. The van der Waals surface area contributed by atoms with Gasteiger partial charge in [0.2, 0.25) is 0 Å². The first-order valence-corrected chi connectivity index (χ1v) is 9.41. The fraction of sp³-hybridized carbons (Fsp3) is 0.211. The van der Waals surface area contributed by atoms with Crippen molar-refractivity contribution in [2.24, 2.45) is 0 Å². The second-order valence-electron chi connectivity index (χ2n) is 6.01. The van der Waals surface area contributed by atoms with Crippen LogP contribution < -0.4 is 5.43 Å². The second kappa shape index (κ2) is 9.28. The van der Waals surface area contributed by atoms with E-state index in [2.05, 4.69) is 5.43 Å². The summed E-state index contributed by atoms with van der Waals surface area (Å²) in [6, 6.07) is 7.78. The number of aromatic carboxylic acids is 1. The molecular formula is C19H17Cl3N2O4. The number of carboxylic acid groups (broad SMARTS) is 1. The molecule has 0 radical (unpaired) electrons. The number of carbonyl (C=O) groups excluding carboxylic acids is 2. The van der Waals surface area contributed by atoms with E-state index in [0.717, 1.165) is 0 Å². The third kappa shape index (κ3) is 4.95. The van der Waals surface area contributed by atoms with Crippen molar-refractivity contribution in [1.29, 1.82) is 0 Å². The maximum absolute atomic E-state index is 12.9. The van der Waals surface area contributed by atoms with Gasteiger partial charge in [-0.05, 0) is 49.7 Å². The van der Waals surface area contributed by atoms with Crippen molar-refractivity contribution >= 4 is 52.6 Å². The normalized spacial score (nSPS) is 11.6. The topological polar surface area (TPSA) is 86.7 Å². The zero-order valence-electron chi connectivity index (χ0n) is 15.0. The fourth-order valence-electron chi connectivity index (χ4n) is 2.30. The van der Waals surface area contributed by atoms with Crippen LogP contribution in [0.1, 0.15) is 51.3 Å². The SMILES string of the molecule is CCC(C)N(NC(=O)c1ccc(C(=O)O)cc1)C(=O)c1cc(Cl)c(Cl)c(Cl)c1. The number of carboxylic acids is 1. The van der Waals surface area contributed by atoms with E-state index in [1.165, 1.54) is 41.4 Å². The molecule has 1 atom stereocenters. The minimum atomic E-state index is -1.10. The summed E-state index contributed by atoms with van der Waals surface area (Å²) >= 11 is 17.9. The van der Waals surface area contributed by atoms with Gasteiger partial charge in [-0.25, -0.2) is 9.80 Å². The van der Waals surface area contributed by atoms with E-state index in [1.807, 2.05) is 6.92 Å². The number of rotatable bonds is 5. The van der Waals surface area contributed by atoms with Crippen molar-refractivity contribution in [2.45, 2.75) is 26.3 Å². The Hall–Kier alpha value is -2.28. The Kier molecular flexibility index (Phi) is 7.29. The molecule has 148 valence electrons. The third-order valence-electron chi connectivity index (χ3n) is 4.10. The van der Waals surface area contributed by atoms with Gasteiger partial charge in [0.1, 0.15) is 0 Å². The molecule has 2 rings (SSSR count). The number of hydrogen-bond acceptors (Lipinski definition) is 3. The summed E-state index contributed by atoms with van der Waals surface area (Å²) in [7, 11) is 0. The van der Waals surface area contributed by atoms with Gasteiger partial charge >= 0.3 is 5.97 Å². The lowest BCUT2D eigenvalue weighted by atomic mass is 10.1. The molecule has 0 aliphatic rings. The molecule has 0 aromatic heterocycles. The second-order valence-corrected chi connectivity index (χ2v) is 7.20. The molecule has 0 aliphatic carbocycles. The molecule has 0 saturated heterocycles. The Morgan fingerprint density at radius 3 is 1.96 bits per heavy atom. The molecular weight excluding hydrogens is 427 g/mol. The molecule has 2 N–H and O–H groups in total. The van der Waals surface area contributed by atoms with Crippen LogP contribution in [0.25, 0.3) is 0 Å². The molecule has 9 heteroatoms. The summed E-state index contributed by atoms with van der Waals surface area (Å²) in [5, 5.41) is 10.5. The average molecular weight is 444 g/mol. The summed E-state index contributed by atoms with van der Waals surface area (Å²) in [4.78, 5) is 36.4. The van der Waals surface area contributed by atoms with Crippen LogP contribution in [0, 0.1) is 0 Å². The zero-order chi connectivity index (χ0) is 21.0. The van der Waals surface area contributed by atoms with Gasteiger partial charge in [0.25, 0.3) is 11.8 Å². The summed E-state index contributed by atoms with van der Waals surface area (Å²) < 4.78 is 0. The number of halogens is 3. The smallest absolute Gasteiger partial charge is 0.335 e. The monoisotopic (exact) mass is 442 g/mol. The number of nitrogens with one attached hydrogen (secondary N) is 1. The van der Waals surface area contributed by atoms with Crippen molar-refractivity contribution in [3.05, 3.63) is 68.2 Å². The van der Waals surface area contributed by atoms with Crippen LogP contribution in [0.2, 0.25) is 15.1 Å². The van der Waals surface area contributed by atoms with Gasteiger partial charge in [0, 0.05) is 11.1 Å². The number of nitrogens with zero attached hydrogens (tertiary/aromatic N) is 1. The van der Waals surface area contributed by atoms with E-state index >= 15 is 0 Å². The summed E-state index contributed by atoms with van der Waals surface area (Å²) in [5.41, 5.74) is 2.99. The Morgan fingerprint density at radius 2 is 1.50 bits per heavy atom. The highest BCUT2D eigenvalue weighted by atomic mass is 35.5. The molecule has 0 saturated carbocycles. The van der Waals surface area contributed by atoms with Gasteiger partial charge in [-0.1, -0.05) is 41.7 Å². The molecule has 0 heterocycles. The Bertz CT molecular complexity index is 893. The average Bonchev–Trinajstić information content (AvgIpc) is 2.68. The van der Waals surface area contributed by atoms with Crippen LogP contribution >= 0.6 is 34.8 Å². The Labute approximate surface area is 177 Å². The van der Waals surface area contributed by atoms with Crippen molar-refractivity contribution in [3.8, 4) is 0 Å². The van der Waals surface area contributed by atoms with Crippen LogP contribution in [0.4, 0.5) is 0 Å². The van der Waals surface area contributed by atoms with Crippen molar-refractivity contribution in [3.63, 3.8) is 0 Å². The predicted molar refractivity (Wildman–Crippen MR) is 108 cm³/mol. The highest BCUT2D eigenvalue weighted by Gasteiger charge is 2.24. The maximum atomic E-state index is 12.9. The van der Waals surface area contributed by atoms with E-state index in [1.54, 1.807) is 6.92 Å². The predicted octanol–water partition coefficient (Wildman–Crippen LogP) is 4.93. The summed E-state index contributed by atoms with van der Waals surface area (Å²) in [6.45, 7) is 3.63. The van der Waals surface area contributed by atoms with E-state index in [9.17, 15) is 14.4 Å². The van der Waals surface area contributed by atoms with Crippen LogP contribution in [-0.4, -0.2) is 33.9 Å². The standard InChI is InChI=1S/C19H17Cl3N2O4/c1-3-10(2)24(18(26)13-8-14(20)16(22)15(21)9-13)23-17(25)11-4-6-12(7-5-11)19(27)28/h4-10H,3H2,1-2H3,(H,23,25)(H,27,28). The van der Waals surface area contributed by atoms with E-state index in [-0.39, 0.29) is 37.8 Å². The zero-order valence-corrected chi connectivity index (χ0v) is 17.3. The molecule has 0 fully saturated rings. The molecule has 2 aromatic rings. The maximum Gasteiger partial charge on any atom is 0.335 e. The number of benzene rings is 2. The Balaban J connectivity index is 2.29. The van der Waals surface area contributed by atoms with Crippen LogP contribution in [0.5, 0.6) is 0 Å². The van der Waals surface area contributed by atoms with Gasteiger partial charge in [-0.15, -0.1) is 0 Å². The molecule has 2 aromatic carbocycles. The molecule has 28 heavy (non-hydrogen) atoms. The largest absolute Gasteiger partial charge is 0.478 e. The highest BCUT2D eigenvalue weighted by Crippen LogP contribution is 2.31. The molecule has 0 bridgehead atoms. The molecule has 6 nitrogen and oxygen atoms in total. The lowest BCUT2D eigenvalue weighted by molar-refractivity contribution is 0.0494. The molecule has 0 aliphatic heterocycles. The van der Waals surface area contributed by atoms with Gasteiger partial charge < -0.3 is 5.11 Å². The third-order valence-corrected chi connectivity index (χ3v) is 5.29. The van der Waals surface area contributed by atoms with Crippen LogP contribution in [0.15, 0.2) is 36.4 Å². The van der Waals surface area contributed by atoms with Crippen molar-refractivity contribution < 1.29 is 19.5 Å². The first-order valence-electron chi connectivity index (χ1n) is 8.28. The van der Waals surface area contributed by atoms with Gasteiger partial charge in [0.05, 0.1) is 26.7 Å². The van der Waals surface area contributed by atoms with Crippen LogP contribution in [0.3, 0.4) is 0 Å². The van der Waals surface area contributed by atoms with Gasteiger partial charge in [-0.3, -0.25) is 15.0 Å². The molecule has 0 spiro atoms.